The van der Waals surface area contributed by atoms with Gasteiger partial charge in [-0.05, 0) is 48.9 Å². The van der Waals surface area contributed by atoms with Gasteiger partial charge in [0.05, 0.1) is 17.6 Å². The second-order valence-electron chi connectivity index (χ2n) is 4.61. The van der Waals surface area contributed by atoms with Crippen LogP contribution in [0.5, 0.6) is 0 Å². The van der Waals surface area contributed by atoms with Gasteiger partial charge in [0, 0.05) is 7.05 Å². The second kappa shape index (κ2) is 3.59. The summed E-state index contributed by atoms with van der Waals surface area (Å²) in [6.45, 7) is 0.510. The van der Waals surface area contributed by atoms with E-state index in [9.17, 15) is 0 Å². The Morgan fingerprint density at radius 2 is 1.94 bits per heavy atom. The quantitative estimate of drug-likeness (QED) is 0.789. The Kier molecular flexibility index (Phi) is 2.21. The van der Waals surface area contributed by atoms with E-state index >= 15 is 0 Å². The fourth-order valence-electron chi connectivity index (χ4n) is 2.65. The van der Waals surface area contributed by atoms with Gasteiger partial charge in [0.25, 0.3) is 0 Å². The SMILES string of the molecule is Cn1c(CN)nc2cc3c(cc21)CCCC3. The van der Waals surface area contributed by atoms with Gasteiger partial charge in [-0.15, -0.1) is 0 Å². The number of nitrogens with zero attached hydrogens (tertiary/aromatic N) is 2. The Morgan fingerprint density at radius 3 is 2.62 bits per heavy atom. The summed E-state index contributed by atoms with van der Waals surface area (Å²) in [6.07, 6.45) is 5.06. The third-order valence-corrected chi connectivity index (χ3v) is 3.62. The number of aromatic nitrogens is 2. The number of fused-ring (bicyclic) bond motifs is 2. The van der Waals surface area contributed by atoms with Crippen molar-refractivity contribution in [3.8, 4) is 0 Å². The van der Waals surface area contributed by atoms with E-state index in [4.69, 9.17) is 5.73 Å². The number of hydrogen-bond donors (Lipinski definition) is 1. The topological polar surface area (TPSA) is 43.8 Å². The van der Waals surface area contributed by atoms with Crippen molar-refractivity contribution in [1.29, 1.82) is 0 Å². The minimum atomic E-state index is 0.510. The smallest absolute Gasteiger partial charge is 0.123 e. The van der Waals surface area contributed by atoms with Gasteiger partial charge < -0.3 is 10.3 Å². The van der Waals surface area contributed by atoms with Crippen LogP contribution in [0.4, 0.5) is 0 Å². The zero-order chi connectivity index (χ0) is 11.1. The van der Waals surface area contributed by atoms with E-state index in [0.717, 1.165) is 11.3 Å². The number of rotatable bonds is 1. The van der Waals surface area contributed by atoms with Gasteiger partial charge in [0.15, 0.2) is 0 Å². The summed E-state index contributed by atoms with van der Waals surface area (Å²) in [7, 11) is 2.05. The molecule has 1 aliphatic carbocycles. The highest BCUT2D eigenvalue weighted by Gasteiger charge is 2.13. The maximum absolute atomic E-state index is 5.68. The highest BCUT2D eigenvalue weighted by Crippen LogP contribution is 2.26. The molecule has 1 aromatic heterocycles. The van der Waals surface area contributed by atoms with Crippen LogP contribution in [0.15, 0.2) is 12.1 Å². The fraction of sp³-hybridized carbons (Fsp3) is 0.462. The molecule has 0 atom stereocenters. The molecule has 3 rings (SSSR count). The third kappa shape index (κ3) is 1.35. The molecule has 0 saturated heterocycles. The molecule has 0 aliphatic heterocycles. The zero-order valence-corrected chi connectivity index (χ0v) is 9.66. The molecular formula is C13H17N3. The Hall–Kier alpha value is -1.35. The predicted octanol–water partition coefficient (Wildman–Crippen LogP) is 1.91. The lowest BCUT2D eigenvalue weighted by molar-refractivity contribution is 0.686. The fourth-order valence-corrected chi connectivity index (χ4v) is 2.65. The molecule has 3 nitrogen and oxygen atoms in total. The molecule has 0 spiro atoms. The first kappa shape index (κ1) is 9.85. The standard InChI is InChI=1S/C13H17N3/c1-16-12-7-10-5-3-2-4-9(10)6-11(12)15-13(16)8-14/h6-7H,2-5,8,14H2,1H3. The van der Waals surface area contributed by atoms with Crippen molar-refractivity contribution >= 4 is 11.0 Å². The van der Waals surface area contributed by atoms with E-state index in [1.54, 1.807) is 0 Å². The molecule has 16 heavy (non-hydrogen) atoms. The first-order valence-corrected chi connectivity index (χ1v) is 5.97. The number of imidazole rings is 1. The Labute approximate surface area is 95.3 Å². The van der Waals surface area contributed by atoms with Crippen molar-refractivity contribution in [3.63, 3.8) is 0 Å². The van der Waals surface area contributed by atoms with Crippen LogP contribution in [-0.2, 0) is 26.4 Å². The van der Waals surface area contributed by atoms with Gasteiger partial charge in [-0.3, -0.25) is 0 Å². The van der Waals surface area contributed by atoms with Gasteiger partial charge in [-0.25, -0.2) is 4.98 Å². The Balaban J connectivity index is 2.25. The summed E-state index contributed by atoms with van der Waals surface area (Å²) in [5.41, 5.74) is 11.0. The van der Waals surface area contributed by atoms with Crippen molar-refractivity contribution in [2.24, 2.45) is 12.8 Å². The van der Waals surface area contributed by atoms with E-state index in [-0.39, 0.29) is 0 Å². The summed E-state index contributed by atoms with van der Waals surface area (Å²) >= 11 is 0. The normalized spacial score (nSPS) is 15.4. The summed E-state index contributed by atoms with van der Waals surface area (Å²) in [4.78, 5) is 4.58. The van der Waals surface area contributed by atoms with Crippen LogP contribution in [0.2, 0.25) is 0 Å². The molecule has 0 unspecified atom stereocenters. The predicted molar refractivity (Wildman–Crippen MR) is 65.2 cm³/mol. The van der Waals surface area contributed by atoms with E-state index in [1.165, 1.54) is 42.3 Å². The first-order chi connectivity index (χ1) is 7.79. The molecule has 1 aromatic carbocycles. The van der Waals surface area contributed by atoms with E-state index in [1.807, 2.05) is 7.05 Å². The average Bonchev–Trinajstić information content (AvgIpc) is 2.63. The van der Waals surface area contributed by atoms with E-state index < -0.39 is 0 Å². The van der Waals surface area contributed by atoms with Crippen molar-refractivity contribution in [2.75, 3.05) is 0 Å². The molecule has 2 N–H and O–H groups in total. The lowest BCUT2D eigenvalue weighted by Gasteiger charge is -2.15. The van der Waals surface area contributed by atoms with Crippen molar-refractivity contribution in [2.45, 2.75) is 32.2 Å². The number of hydrogen-bond acceptors (Lipinski definition) is 2. The highest BCUT2D eigenvalue weighted by atomic mass is 15.1. The molecule has 0 radical (unpaired) electrons. The molecule has 2 aromatic rings. The summed E-state index contributed by atoms with van der Waals surface area (Å²) in [6, 6.07) is 4.55. The number of aryl methyl sites for hydroxylation is 3. The van der Waals surface area contributed by atoms with E-state index in [2.05, 4.69) is 21.7 Å². The summed E-state index contributed by atoms with van der Waals surface area (Å²) < 4.78 is 2.12. The molecule has 0 fully saturated rings. The van der Waals surface area contributed by atoms with Crippen LogP contribution in [0.1, 0.15) is 29.8 Å². The second-order valence-corrected chi connectivity index (χ2v) is 4.61. The zero-order valence-electron chi connectivity index (χ0n) is 9.66. The minimum absolute atomic E-state index is 0.510. The largest absolute Gasteiger partial charge is 0.330 e. The van der Waals surface area contributed by atoms with Gasteiger partial charge in [0.1, 0.15) is 5.82 Å². The maximum atomic E-state index is 5.68. The number of nitrogens with two attached hydrogens (primary N) is 1. The van der Waals surface area contributed by atoms with Gasteiger partial charge >= 0.3 is 0 Å². The minimum Gasteiger partial charge on any atom is -0.330 e. The molecule has 84 valence electrons. The van der Waals surface area contributed by atoms with Crippen LogP contribution in [0.3, 0.4) is 0 Å². The van der Waals surface area contributed by atoms with Crippen molar-refractivity contribution in [1.82, 2.24) is 9.55 Å². The molecule has 3 heteroatoms. The maximum Gasteiger partial charge on any atom is 0.123 e. The van der Waals surface area contributed by atoms with Crippen LogP contribution < -0.4 is 5.73 Å². The molecule has 0 saturated carbocycles. The molecule has 1 heterocycles. The highest BCUT2D eigenvalue weighted by molar-refractivity contribution is 5.78. The van der Waals surface area contributed by atoms with E-state index in [0.29, 0.717) is 6.54 Å². The van der Waals surface area contributed by atoms with Crippen LogP contribution in [-0.4, -0.2) is 9.55 Å². The average molecular weight is 215 g/mol. The Bertz CT molecular complexity index is 540. The molecule has 0 bridgehead atoms. The summed E-state index contributed by atoms with van der Waals surface area (Å²) in [5, 5.41) is 0. The van der Waals surface area contributed by atoms with Crippen molar-refractivity contribution < 1.29 is 0 Å². The molecule has 1 aliphatic rings. The summed E-state index contributed by atoms with van der Waals surface area (Å²) in [5.74, 6) is 0.970. The van der Waals surface area contributed by atoms with Crippen molar-refractivity contribution in [3.05, 3.63) is 29.1 Å². The first-order valence-electron chi connectivity index (χ1n) is 5.97. The lowest BCUT2D eigenvalue weighted by atomic mass is 9.91. The van der Waals surface area contributed by atoms with Gasteiger partial charge in [0.2, 0.25) is 0 Å². The molecular weight excluding hydrogens is 198 g/mol. The molecule has 0 amide bonds. The number of benzene rings is 1. The van der Waals surface area contributed by atoms with Crippen LogP contribution in [0.25, 0.3) is 11.0 Å². The van der Waals surface area contributed by atoms with Gasteiger partial charge in [-0.2, -0.15) is 0 Å². The Morgan fingerprint density at radius 1 is 1.25 bits per heavy atom. The third-order valence-electron chi connectivity index (χ3n) is 3.62. The lowest BCUT2D eigenvalue weighted by Crippen LogP contribution is -2.05. The van der Waals surface area contributed by atoms with Crippen LogP contribution in [0, 0.1) is 0 Å². The van der Waals surface area contributed by atoms with Gasteiger partial charge in [-0.1, -0.05) is 0 Å². The van der Waals surface area contributed by atoms with Crippen LogP contribution >= 0.6 is 0 Å². The monoisotopic (exact) mass is 215 g/mol.